The van der Waals surface area contributed by atoms with Gasteiger partial charge in [-0.3, -0.25) is 5.43 Å². The van der Waals surface area contributed by atoms with Crippen molar-refractivity contribution in [2.75, 3.05) is 11.7 Å². The van der Waals surface area contributed by atoms with Gasteiger partial charge < -0.3 is 5.73 Å². The number of hydrazine groups is 1. The van der Waals surface area contributed by atoms with Crippen LogP contribution in [0.15, 0.2) is 34.5 Å². The minimum absolute atomic E-state index is 0.595. The number of hydrogen-bond acceptors (Lipinski definition) is 5. The van der Waals surface area contributed by atoms with Crippen molar-refractivity contribution in [2.24, 2.45) is 5.73 Å². The number of primary amides is 1. The van der Waals surface area contributed by atoms with Gasteiger partial charge in [-0.2, -0.15) is 0 Å². The van der Waals surface area contributed by atoms with Gasteiger partial charge in [-0.1, -0.05) is 12.1 Å². The van der Waals surface area contributed by atoms with Gasteiger partial charge in [-0.15, -0.1) is 23.1 Å². The number of amides is 2. The number of nitrogens with two attached hydrogens (primary N) is 1. The minimum atomic E-state index is -0.643. The standard InChI is InChI=1S/C11H12N4OS2/c1-17-8-4-2-7(3-5-8)9-6-18-11(13-9)15-14-10(12)16/h2-6H,1H3,(H,13,15)(H3,12,14,16). The molecule has 0 radical (unpaired) electrons. The highest BCUT2D eigenvalue weighted by atomic mass is 32.2. The Hall–Kier alpha value is -1.73. The molecule has 1 aromatic heterocycles. The first-order chi connectivity index (χ1) is 8.69. The van der Waals surface area contributed by atoms with Crippen LogP contribution in [0.25, 0.3) is 11.3 Å². The highest BCUT2D eigenvalue weighted by Gasteiger charge is 2.04. The monoisotopic (exact) mass is 280 g/mol. The van der Waals surface area contributed by atoms with E-state index < -0.39 is 6.03 Å². The van der Waals surface area contributed by atoms with E-state index in [9.17, 15) is 4.79 Å². The number of hydrogen-bond donors (Lipinski definition) is 3. The maximum atomic E-state index is 10.5. The molecule has 2 aromatic rings. The maximum absolute atomic E-state index is 10.5. The summed E-state index contributed by atoms with van der Waals surface area (Å²) in [5, 5.41) is 2.51. The summed E-state index contributed by atoms with van der Waals surface area (Å²) in [5.74, 6) is 0. The summed E-state index contributed by atoms with van der Waals surface area (Å²) >= 11 is 3.10. The second-order valence-electron chi connectivity index (χ2n) is 3.38. The van der Waals surface area contributed by atoms with Gasteiger partial charge >= 0.3 is 6.03 Å². The molecule has 0 aliphatic rings. The fraction of sp³-hybridized carbons (Fsp3) is 0.0909. The van der Waals surface area contributed by atoms with E-state index in [1.165, 1.54) is 16.2 Å². The summed E-state index contributed by atoms with van der Waals surface area (Å²) < 4.78 is 0. The number of anilines is 1. The average molecular weight is 280 g/mol. The van der Waals surface area contributed by atoms with E-state index in [1.807, 2.05) is 35.9 Å². The van der Waals surface area contributed by atoms with Crippen LogP contribution >= 0.6 is 23.1 Å². The predicted molar refractivity (Wildman–Crippen MR) is 75.7 cm³/mol. The molecule has 18 heavy (non-hydrogen) atoms. The van der Waals surface area contributed by atoms with Gasteiger partial charge in [0.2, 0.25) is 5.13 Å². The van der Waals surface area contributed by atoms with E-state index in [0.29, 0.717) is 5.13 Å². The van der Waals surface area contributed by atoms with Gasteiger partial charge in [0.15, 0.2) is 0 Å². The first-order valence-corrected chi connectivity index (χ1v) is 7.21. The lowest BCUT2D eigenvalue weighted by Gasteiger charge is -2.01. The fourth-order valence-corrected chi connectivity index (χ4v) is 2.42. The molecule has 7 heteroatoms. The van der Waals surface area contributed by atoms with Crippen molar-refractivity contribution in [2.45, 2.75) is 4.90 Å². The molecule has 1 aromatic carbocycles. The summed E-state index contributed by atoms with van der Waals surface area (Å²) in [6.45, 7) is 0. The van der Waals surface area contributed by atoms with Gasteiger partial charge in [0.25, 0.3) is 0 Å². The second kappa shape index (κ2) is 5.74. The summed E-state index contributed by atoms with van der Waals surface area (Å²) in [5.41, 5.74) is 11.8. The number of carbonyl (C=O) groups excluding carboxylic acids is 1. The van der Waals surface area contributed by atoms with Crippen molar-refractivity contribution in [3.8, 4) is 11.3 Å². The zero-order chi connectivity index (χ0) is 13.0. The second-order valence-corrected chi connectivity index (χ2v) is 5.12. The van der Waals surface area contributed by atoms with E-state index in [1.54, 1.807) is 11.8 Å². The van der Waals surface area contributed by atoms with Crippen LogP contribution in [0.2, 0.25) is 0 Å². The molecule has 0 spiro atoms. The van der Waals surface area contributed by atoms with Crippen LogP contribution < -0.4 is 16.6 Å². The van der Waals surface area contributed by atoms with Crippen LogP contribution in [0.3, 0.4) is 0 Å². The number of carbonyl (C=O) groups is 1. The summed E-state index contributed by atoms with van der Waals surface area (Å²) in [4.78, 5) is 16.1. The quantitative estimate of drug-likeness (QED) is 0.594. The van der Waals surface area contributed by atoms with Crippen LogP contribution in [0.4, 0.5) is 9.93 Å². The number of urea groups is 1. The van der Waals surface area contributed by atoms with E-state index in [4.69, 9.17) is 5.73 Å². The van der Waals surface area contributed by atoms with Crippen LogP contribution in [0.1, 0.15) is 0 Å². The van der Waals surface area contributed by atoms with E-state index >= 15 is 0 Å². The highest BCUT2D eigenvalue weighted by molar-refractivity contribution is 7.98. The molecule has 2 rings (SSSR count). The van der Waals surface area contributed by atoms with Crippen LogP contribution in [0, 0.1) is 0 Å². The molecular formula is C11H12N4OS2. The van der Waals surface area contributed by atoms with E-state index in [0.717, 1.165) is 11.3 Å². The van der Waals surface area contributed by atoms with Crippen molar-refractivity contribution >= 4 is 34.3 Å². The molecule has 2 amide bonds. The molecule has 4 N–H and O–H groups in total. The van der Waals surface area contributed by atoms with Crippen molar-refractivity contribution in [3.63, 3.8) is 0 Å². The topological polar surface area (TPSA) is 80.0 Å². The molecular weight excluding hydrogens is 268 g/mol. The SMILES string of the molecule is CSc1ccc(-c2csc(NNC(N)=O)n2)cc1. The third kappa shape index (κ3) is 3.14. The predicted octanol–water partition coefficient (Wildman–Crippen LogP) is 2.53. The lowest BCUT2D eigenvalue weighted by Crippen LogP contribution is -2.34. The molecule has 0 saturated heterocycles. The molecule has 0 aliphatic heterocycles. The molecule has 94 valence electrons. The third-order valence-corrected chi connectivity index (χ3v) is 3.68. The molecule has 1 heterocycles. The normalized spacial score (nSPS) is 10.1. The molecule has 5 nitrogen and oxygen atoms in total. The zero-order valence-corrected chi connectivity index (χ0v) is 11.3. The molecule has 0 bridgehead atoms. The van der Waals surface area contributed by atoms with Gasteiger partial charge in [0, 0.05) is 15.8 Å². The Morgan fingerprint density at radius 3 is 2.72 bits per heavy atom. The Bertz CT molecular complexity index is 538. The summed E-state index contributed by atoms with van der Waals surface area (Å²) in [6.07, 6.45) is 2.04. The Labute approximate surface area is 113 Å². The smallest absolute Gasteiger partial charge is 0.330 e. The molecule has 0 aliphatic carbocycles. The Kier molecular flexibility index (Phi) is 4.06. The van der Waals surface area contributed by atoms with Gasteiger partial charge in [0.05, 0.1) is 5.69 Å². The van der Waals surface area contributed by atoms with Crippen LogP contribution in [-0.4, -0.2) is 17.3 Å². The number of thiazole rings is 1. The Morgan fingerprint density at radius 2 is 2.11 bits per heavy atom. The number of nitrogens with one attached hydrogen (secondary N) is 2. The van der Waals surface area contributed by atoms with Gasteiger partial charge in [-0.25, -0.2) is 15.2 Å². The first kappa shape index (κ1) is 12.7. The number of rotatable bonds is 4. The van der Waals surface area contributed by atoms with Crippen LogP contribution in [-0.2, 0) is 0 Å². The molecule has 0 saturated carbocycles. The van der Waals surface area contributed by atoms with Crippen LogP contribution in [0.5, 0.6) is 0 Å². The number of thioether (sulfide) groups is 1. The fourth-order valence-electron chi connectivity index (χ4n) is 1.34. The van der Waals surface area contributed by atoms with Gasteiger partial charge in [0.1, 0.15) is 0 Å². The lowest BCUT2D eigenvalue weighted by molar-refractivity contribution is 0.250. The minimum Gasteiger partial charge on any atom is -0.350 e. The highest BCUT2D eigenvalue weighted by Crippen LogP contribution is 2.26. The van der Waals surface area contributed by atoms with Gasteiger partial charge in [-0.05, 0) is 18.4 Å². The number of nitrogens with zero attached hydrogens (tertiary/aromatic N) is 1. The van der Waals surface area contributed by atoms with E-state index in [2.05, 4.69) is 15.8 Å². The molecule has 0 unspecified atom stereocenters. The lowest BCUT2D eigenvalue weighted by atomic mass is 10.2. The average Bonchev–Trinajstić information content (AvgIpc) is 2.85. The van der Waals surface area contributed by atoms with Crippen molar-refractivity contribution in [3.05, 3.63) is 29.6 Å². The maximum Gasteiger partial charge on any atom is 0.330 e. The first-order valence-electron chi connectivity index (χ1n) is 5.10. The Morgan fingerprint density at radius 1 is 1.39 bits per heavy atom. The zero-order valence-electron chi connectivity index (χ0n) is 9.64. The van der Waals surface area contributed by atoms with Crippen molar-refractivity contribution in [1.29, 1.82) is 0 Å². The number of benzene rings is 1. The van der Waals surface area contributed by atoms with E-state index in [-0.39, 0.29) is 0 Å². The summed E-state index contributed by atoms with van der Waals surface area (Å²) in [7, 11) is 0. The largest absolute Gasteiger partial charge is 0.350 e. The molecule has 0 fully saturated rings. The Balaban J connectivity index is 2.10. The van der Waals surface area contributed by atoms with Crippen molar-refractivity contribution < 1.29 is 4.79 Å². The van der Waals surface area contributed by atoms with Crippen molar-refractivity contribution in [1.82, 2.24) is 10.4 Å². The third-order valence-electron chi connectivity index (χ3n) is 2.18. The number of aromatic nitrogens is 1. The molecule has 0 atom stereocenters. The summed E-state index contributed by atoms with van der Waals surface area (Å²) in [6, 6.07) is 7.50.